The predicted molar refractivity (Wildman–Crippen MR) is 96.3 cm³/mol. The number of rotatable bonds is 5. The predicted octanol–water partition coefficient (Wildman–Crippen LogP) is 3.25. The highest BCUT2D eigenvalue weighted by molar-refractivity contribution is 7.09. The maximum atomic E-state index is 12.5. The molecule has 0 bridgehead atoms. The summed E-state index contributed by atoms with van der Waals surface area (Å²) in [5.74, 6) is -0.0523. The molecule has 4 rings (SSSR count). The summed E-state index contributed by atoms with van der Waals surface area (Å²) in [7, 11) is 0. The Balaban J connectivity index is 1.39. The van der Waals surface area contributed by atoms with Gasteiger partial charge in [0.15, 0.2) is 0 Å². The number of hydrogen-bond donors (Lipinski definition) is 0. The highest BCUT2D eigenvalue weighted by Gasteiger charge is 2.45. The molecule has 2 aliphatic heterocycles. The standard InChI is InChI=1S/C19H21N3O2S/c23-18-16-8-4-5-11-21(16)19(24)22(18)12-15-13-25-17(20-15)10-9-14-6-2-1-3-7-14/h1-3,6-7,13,16H,4-5,8-12H2/t16-/m0/s1. The van der Waals surface area contributed by atoms with Crippen molar-refractivity contribution in [2.24, 2.45) is 0 Å². The van der Waals surface area contributed by atoms with E-state index in [1.807, 2.05) is 23.6 Å². The fourth-order valence-electron chi connectivity index (χ4n) is 3.59. The average molecular weight is 355 g/mol. The second kappa shape index (κ2) is 6.96. The number of urea groups is 1. The van der Waals surface area contributed by atoms with E-state index < -0.39 is 0 Å². The van der Waals surface area contributed by atoms with Crippen LogP contribution in [-0.2, 0) is 24.2 Å². The number of nitrogens with zero attached hydrogens (tertiary/aromatic N) is 3. The Morgan fingerprint density at radius 3 is 2.76 bits per heavy atom. The molecule has 25 heavy (non-hydrogen) atoms. The van der Waals surface area contributed by atoms with Crippen LogP contribution in [0.25, 0.3) is 0 Å². The van der Waals surface area contributed by atoms with E-state index in [1.165, 1.54) is 10.5 Å². The lowest BCUT2D eigenvalue weighted by molar-refractivity contribution is -0.129. The molecule has 3 heterocycles. The van der Waals surface area contributed by atoms with E-state index in [2.05, 4.69) is 17.1 Å². The number of hydrogen-bond acceptors (Lipinski definition) is 4. The van der Waals surface area contributed by atoms with Crippen LogP contribution in [0.15, 0.2) is 35.7 Å². The zero-order chi connectivity index (χ0) is 17.2. The Kier molecular flexibility index (Phi) is 4.53. The van der Waals surface area contributed by atoms with E-state index >= 15 is 0 Å². The number of aryl methyl sites for hydroxylation is 2. The molecular formula is C19H21N3O2S. The summed E-state index contributed by atoms with van der Waals surface area (Å²) in [5.41, 5.74) is 2.11. The number of benzene rings is 1. The maximum absolute atomic E-state index is 12.5. The molecule has 1 atom stereocenters. The minimum Gasteiger partial charge on any atom is -0.312 e. The first-order valence-electron chi connectivity index (χ1n) is 8.81. The second-order valence-electron chi connectivity index (χ2n) is 6.63. The first kappa shape index (κ1) is 16.3. The topological polar surface area (TPSA) is 53.5 Å². The van der Waals surface area contributed by atoms with E-state index in [-0.39, 0.29) is 18.0 Å². The van der Waals surface area contributed by atoms with Crippen molar-refractivity contribution < 1.29 is 9.59 Å². The zero-order valence-corrected chi connectivity index (χ0v) is 14.9. The van der Waals surface area contributed by atoms with E-state index in [0.29, 0.717) is 13.1 Å². The number of amides is 3. The van der Waals surface area contributed by atoms with Crippen LogP contribution in [0.1, 0.15) is 35.5 Å². The first-order chi connectivity index (χ1) is 12.2. The molecule has 0 radical (unpaired) electrons. The van der Waals surface area contributed by atoms with Crippen molar-refractivity contribution in [1.29, 1.82) is 0 Å². The number of fused-ring (bicyclic) bond motifs is 1. The van der Waals surface area contributed by atoms with Crippen LogP contribution in [0.2, 0.25) is 0 Å². The Hall–Kier alpha value is -2.21. The molecule has 3 amide bonds. The Morgan fingerprint density at radius 2 is 1.96 bits per heavy atom. The van der Waals surface area contributed by atoms with E-state index in [4.69, 9.17) is 0 Å². The van der Waals surface area contributed by atoms with E-state index in [1.54, 1.807) is 16.2 Å². The zero-order valence-electron chi connectivity index (χ0n) is 14.1. The number of aromatic nitrogens is 1. The molecule has 1 aromatic carbocycles. The monoisotopic (exact) mass is 355 g/mol. The number of thiazole rings is 1. The summed E-state index contributed by atoms with van der Waals surface area (Å²) >= 11 is 1.61. The average Bonchev–Trinajstić information content (AvgIpc) is 3.20. The summed E-state index contributed by atoms with van der Waals surface area (Å²) in [6.07, 6.45) is 4.63. The van der Waals surface area contributed by atoms with Crippen LogP contribution in [0.4, 0.5) is 4.79 Å². The van der Waals surface area contributed by atoms with Gasteiger partial charge in [0.2, 0.25) is 0 Å². The molecule has 2 aliphatic rings. The maximum Gasteiger partial charge on any atom is 0.327 e. The molecule has 1 aromatic heterocycles. The number of carbonyl (C=O) groups excluding carboxylic acids is 2. The summed E-state index contributed by atoms with van der Waals surface area (Å²) in [5, 5.41) is 3.02. The highest BCUT2D eigenvalue weighted by atomic mass is 32.1. The van der Waals surface area contributed by atoms with Gasteiger partial charge < -0.3 is 4.90 Å². The van der Waals surface area contributed by atoms with Gasteiger partial charge in [-0.05, 0) is 31.2 Å². The molecule has 6 heteroatoms. The molecule has 0 aliphatic carbocycles. The summed E-state index contributed by atoms with van der Waals surface area (Å²) in [6.45, 7) is 0.998. The third-order valence-corrected chi connectivity index (χ3v) is 5.88. The lowest BCUT2D eigenvalue weighted by Crippen LogP contribution is -2.38. The number of carbonyl (C=O) groups is 2. The van der Waals surface area contributed by atoms with Crippen LogP contribution in [0.3, 0.4) is 0 Å². The Labute approximate surface area is 151 Å². The van der Waals surface area contributed by atoms with Gasteiger partial charge in [0.05, 0.1) is 17.2 Å². The van der Waals surface area contributed by atoms with Crippen molar-refractivity contribution in [2.45, 2.75) is 44.7 Å². The van der Waals surface area contributed by atoms with Gasteiger partial charge in [0.1, 0.15) is 6.04 Å². The number of imide groups is 1. The van der Waals surface area contributed by atoms with Crippen molar-refractivity contribution in [3.63, 3.8) is 0 Å². The van der Waals surface area contributed by atoms with Gasteiger partial charge in [-0.25, -0.2) is 9.78 Å². The van der Waals surface area contributed by atoms with Crippen molar-refractivity contribution in [3.8, 4) is 0 Å². The lowest BCUT2D eigenvalue weighted by atomic mass is 10.0. The van der Waals surface area contributed by atoms with Crippen LogP contribution in [0, 0.1) is 0 Å². The van der Waals surface area contributed by atoms with Crippen molar-refractivity contribution in [2.75, 3.05) is 6.54 Å². The molecular weight excluding hydrogens is 334 g/mol. The van der Waals surface area contributed by atoms with Gasteiger partial charge in [-0.2, -0.15) is 0 Å². The van der Waals surface area contributed by atoms with Crippen LogP contribution < -0.4 is 0 Å². The molecule has 0 N–H and O–H groups in total. The molecule has 2 aromatic rings. The van der Waals surface area contributed by atoms with Gasteiger partial charge >= 0.3 is 6.03 Å². The normalized spacial score (nSPS) is 20.2. The number of piperidine rings is 1. The third-order valence-electron chi connectivity index (χ3n) is 4.92. The van der Waals surface area contributed by atoms with E-state index in [9.17, 15) is 9.59 Å². The molecule has 0 saturated carbocycles. The smallest absolute Gasteiger partial charge is 0.312 e. The summed E-state index contributed by atoms with van der Waals surface area (Å²) in [6, 6.07) is 9.96. The van der Waals surface area contributed by atoms with Gasteiger partial charge in [-0.3, -0.25) is 9.69 Å². The minimum atomic E-state index is -0.238. The second-order valence-corrected chi connectivity index (χ2v) is 7.57. The van der Waals surface area contributed by atoms with Gasteiger partial charge in [0.25, 0.3) is 5.91 Å². The molecule has 2 saturated heterocycles. The fraction of sp³-hybridized carbons (Fsp3) is 0.421. The van der Waals surface area contributed by atoms with Gasteiger partial charge in [0, 0.05) is 18.3 Å². The molecule has 0 unspecified atom stereocenters. The molecule has 130 valence electrons. The third kappa shape index (κ3) is 3.31. The molecule has 5 nitrogen and oxygen atoms in total. The Morgan fingerprint density at radius 1 is 1.12 bits per heavy atom. The van der Waals surface area contributed by atoms with Crippen molar-refractivity contribution in [3.05, 3.63) is 52.0 Å². The molecule has 2 fully saturated rings. The quantitative estimate of drug-likeness (QED) is 0.774. The van der Waals surface area contributed by atoms with Crippen LogP contribution in [0.5, 0.6) is 0 Å². The molecule has 0 spiro atoms. The lowest BCUT2D eigenvalue weighted by Gasteiger charge is -2.26. The van der Waals surface area contributed by atoms with E-state index in [0.717, 1.165) is 42.8 Å². The SMILES string of the molecule is O=C1[C@@H]2CCCCN2C(=O)N1Cc1csc(CCc2ccccc2)n1. The van der Waals surface area contributed by atoms with Gasteiger partial charge in [-0.1, -0.05) is 30.3 Å². The van der Waals surface area contributed by atoms with Crippen LogP contribution >= 0.6 is 11.3 Å². The Bertz CT molecular complexity index is 750. The summed E-state index contributed by atoms with van der Waals surface area (Å²) < 4.78 is 0. The fourth-order valence-corrected chi connectivity index (χ4v) is 4.38. The van der Waals surface area contributed by atoms with Crippen molar-refractivity contribution >= 4 is 23.3 Å². The van der Waals surface area contributed by atoms with Gasteiger partial charge in [-0.15, -0.1) is 11.3 Å². The van der Waals surface area contributed by atoms with Crippen LogP contribution in [-0.4, -0.2) is 39.3 Å². The minimum absolute atomic E-state index is 0.0523. The van der Waals surface area contributed by atoms with Crippen molar-refractivity contribution in [1.82, 2.24) is 14.8 Å². The summed E-state index contributed by atoms with van der Waals surface area (Å²) in [4.78, 5) is 32.7. The highest BCUT2D eigenvalue weighted by Crippen LogP contribution is 2.28. The largest absolute Gasteiger partial charge is 0.327 e. The first-order valence-corrected chi connectivity index (χ1v) is 9.69.